The first-order valence-electron chi connectivity index (χ1n) is 9.10. The molecule has 0 aliphatic carbocycles. The van der Waals surface area contributed by atoms with E-state index in [0.717, 1.165) is 34.8 Å². The Labute approximate surface area is 159 Å². The number of rotatable bonds is 4. The number of aliphatic imine (C=N–C) groups is 2. The summed E-state index contributed by atoms with van der Waals surface area (Å²) in [4.78, 5) is 21.9. The Morgan fingerprint density at radius 2 is 1.70 bits per heavy atom. The molecule has 0 saturated carbocycles. The highest BCUT2D eigenvalue weighted by atomic mass is 16.5. The average molecular weight is 364 g/mol. The fourth-order valence-electron chi connectivity index (χ4n) is 3.08. The van der Waals surface area contributed by atoms with Crippen LogP contribution < -0.4 is 15.4 Å². The van der Waals surface area contributed by atoms with E-state index in [9.17, 15) is 4.79 Å². The molecule has 1 atom stereocenters. The summed E-state index contributed by atoms with van der Waals surface area (Å²) in [6.45, 7) is 4.48. The third-order valence-corrected chi connectivity index (χ3v) is 4.38. The molecule has 1 heterocycles. The average Bonchev–Trinajstić information content (AvgIpc) is 2.84. The molecule has 2 N–H and O–H groups in total. The topological polar surface area (TPSA) is 75.1 Å². The number of nitrogens with one attached hydrogen (secondary N) is 2. The van der Waals surface area contributed by atoms with Gasteiger partial charge in [-0.05, 0) is 43.2 Å². The summed E-state index contributed by atoms with van der Waals surface area (Å²) >= 11 is 0. The lowest BCUT2D eigenvalue weighted by Crippen LogP contribution is -2.43. The van der Waals surface area contributed by atoms with Crippen molar-refractivity contribution >= 4 is 29.0 Å². The SMILES string of the molecule is CCNC(=O)NC1=Nc2ccccc2N=C(CC)[C@@H]1c1ccc(OC)cc1. The summed E-state index contributed by atoms with van der Waals surface area (Å²) in [5, 5.41) is 5.70. The number of hydrogen-bond donors (Lipinski definition) is 2. The molecule has 0 fully saturated rings. The number of amidine groups is 1. The van der Waals surface area contributed by atoms with Gasteiger partial charge in [0, 0.05) is 12.3 Å². The van der Waals surface area contributed by atoms with Gasteiger partial charge < -0.3 is 10.1 Å². The van der Waals surface area contributed by atoms with Gasteiger partial charge in [0.2, 0.25) is 0 Å². The number of carbonyl (C=O) groups excluding carboxylic acids is 1. The molecular weight excluding hydrogens is 340 g/mol. The molecule has 0 unspecified atom stereocenters. The van der Waals surface area contributed by atoms with Gasteiger partial charge in [-0.15, -0.1) is 0 Å². The van der Waals surface area contributed by atoms with E-state index in [1.54, 1.807) is 7.11 Å². The second-order valence-corrected chi connectivity index (χ2v) is 6.13. The third-order valence-electron chi connectivity index (χ3n) is 4.38. The summed E-state index contributed by atoms with van der Waals surface area (Å²) in [6.07, 6.45) is 0.737. The molecule has 1 aliphatic rings. The van der Waals surface area contributed by atoms with Crippen LogP contribution in [0.2, 0.25) is 0 Å². The molecule has 6 nitrogen and oxygen atoms in total. The van der Waals surface area contributed by atoms with E-state index in [2.05, 4.69) is 17.6 Å². The molecule has 0 radical (unpaired) electrons. The van der Waals surface area contributed by atoms with Gasteiger partial charge in [-0.2, -0.15) is 0 Å². The van der Waals surface area contributed by atoms with E-state index in [4.69, 9.17) is 14.7 Å². The standard InChI is InChI=1S/C21H24N4O2/c1-4-16-19(14-10-12-15(27-3)13-11-14)20(25-21(26)22-5-2)24-18-9-7-6-8-17(18)23-16/h6-13,19H,4-5H2,1-3H3,(H2,22,24,25,26)/t19-/m0/s1. The fraction of sp³-hybridized carbons (Fsp3) is 0.286. The number of benzene rings is 2. The summed E-state index contributed by atoms with van der Waals surface area (Å²) in [5.74, 6) is 1.10. The van der Waals surface area contributed by atoms with Crippen LogP contribution in [-0.2, 0) is 0 Å². The number of urea groups is 1. The highest BCUT2D eigenvalue weighted by molar-refractivity contribution is 6.17. The molecule has 0 spiro atoms. The van der Waals surface area contributed by atoms with Crippen molar-refractivity contribution in [2.75, 3.05) is 13.7 Å². The van der Waals surface area contributed by atoms with Gasteiger partial charge in [-0.1, -0.05) is 31.2 Å². The van der Waals surface area contributed by atoms with Crippen molar-refractivity contribution < 1.29 is 9.53 Å². The van der Waals surface area contributed by atoms with Crippen LogP contribution in [0.15, 0.2) is 58.5 Å². The van der Waals surface area contributed by atoms with Gasteiger partial charge in [-0.3, -0.25) is 10.3 Å². The van der Waals surface area contributed by atoms with E-state index < -0.39 is 0 Å². The highest BCUT2D eigenvalue weighted by Gasteiger charge is 2.27. The van der Waals surface area contributed by atoms with Crippen molar-refractivity contribution in [1.29, 1.82) is 0 Å². The fourth-order valence-corrected chi connectivity index (χ4v) is 3.08. The minimum absolute atomic E-state index is 0.240. The molecule has 3 rings (SSSR count). The molecule has 1 aliphatic heterocycles. The Bertz CT molecular complexity index is 872. The minimum Gasteiger partial charge on any atom is -0.497 e. The zero-order valence-corrected chi connectivity index (χ0v) is 15.8. The maximum atomic E-state index is 12.2. The Hall–Kier alpha value is -3.15. The van der Waals surface area contributed by atoms with Gasteiger partial charge in [0.15, 0.2) is 0 Å². The maximum absolute atomic E-state index is 12.2. The van der Waals surface area contributed by atoms with E-state index in [0.29, 0.717) is 12.4 Å². The molecule has 2 aromatic rings. The molecular formula is C21H24N4O2. The largest absolute Gasteiger partial charge is 0.497 e. The first-order chi connectivity index (χ1) is 13.2. The Morgan fingerprint density at radius 3 is 2.30 bits per heavy atom. The predicted octanol–water partition coefficient (Wildman–Crippen LogP) is 4.32. The van der Waals surface area contributed by atoms with Crippen LogP contribution in [0, 0.1) is 0 Å². The zero-order chi connectivity index (χ0) is 19.2. The van der Waals surface area contributed by atoms with Gasteiger partial charge in [-0.25, -0.2) is 9.79 Å². The number of nitrogens with zero attached hydrogens (tertiary/aromatic N) is 2. The van der Waals surface area contributed by atoms with Gasteiger partial charge >= 0.3 is 6.03 Å². The maximum Gasteiger partial charge on any atom is 0.320 e. The number of fused-ring (bicyclic) bond motifs is 1. The molecule has 0 saturated heterocycles. The highest BCUT2D eigenvalue weighted by Crippen LogP contribution is 2.35. The van der Waals surface area contributed by atoms with Crippen molar-refractivity contribution in [2.24, 2.45) is 9.98 Å². The number of amides is 2. The van der Waals surface area contributed by atoms with Crippen LogP contribution in [0.3, 0.4) is 0 Å². The normalized spacial score (nSPS) is 15.7. The minimum atomic E-state index is -0.274. The summed E-state index contributed by atoms with van der Waals surface area (Å²) in [5.41, 5.74) is 3.49. The molecule has 0 aromatic heterocycles. The third kappa shape index (κ3) is 4.16. The molecule has 0 bridgehead atoms. The second-order valence-electron chi connectivity index (χ2n) is 6.13. The van der Waals surface area contributed by atoms with E-state index in [1.165, 1.54) is 0 Å². The Morgan fingerprint density at radius 1 is 1.04 bits per heavy atom. The van der Waals surface area contributed by atoms with Crippen LogP contribution in [-0.4, -0.2) is 31.2 Å². The van der Waals surface area contributed by atoms with Gasteiger partial charge in [0.05, 0.1) is 24.4 Å². The summed E-state index contributed by atoms with van der Waals surface area (Å²) in [7, 11) is 1.64. The lowest BCUT2D eigenvalue weighted by molar-refractivity contribution is 0.245. The Balaban J connectivity index is 2.11. The number of hydrogen-bond acceptors (Lipinski definition) is 4. The summed E-state index contributed by atoms with van der Waals surface area (Å²) in [6, 6.07) is 15.2. The smallest absolute Gasteiger partial charge is 0.320 e. The first kappa shape index (κ1) is 18.6. The number of carbonyl (C=O) groups is 1. The lowest BCUT2D eigenvalue weighted by atomic mass is 9.91. The monoisotopic (exact) mass is 364 g/mol. The second kappa shape index (κ2) is 8.49. The zero-order valence-electron chi connectivity index (χ0n) is 15.8. The number of ether oxygens (including phenoxy) is 1. The van der Waals surface area contributed by atoms with Crippen molar-refractivity contribution in [3.8, 4) is 5.75 Å². The van der Waals surface area contributed by atoms with E-state index in [1.807, 2.05) is 55.5 Å². The van der Waals surface area contributed by atoms with Gasteiger partial charge in [0.1, 0.15) is 11.6 Å². The predicted molar refractivity (Wildman–Crippen MR) is 109 cm³/mol. The lowest BCUT2D eigenvalue weighted by Gasteiger charge is -2.21. The van der Waals surface area contributed by atoms with Crippen molar-refractivity contribution in [2.45, 2.75) is 26.2 Å². The first-order valence-corrected chi connectivity index (χ1v) is 9.10. The van der Waals surface area contributed by atoms with Crippen LogP contribution in [0.5, 0.6) is 5.75 Å². The van der Waals surface area contributed by atoms with Crippen molar-refractivity contribution in [3.63, 3.8) is 0 Å². The van der Waals surface area contributed by atoms with Crippen LogP contribution in [0.4, 0.5) is 16.2 Å². The molecule has 6 heteroatoms. The molecule has 27 heavy (non-hydrogen) atoms. The van der Waals surface area contributed by atoms with E-state index in [-0.39, 0.29) is 11.9 Å². The van der Waals surface area contributed by atoms with Crippen LogP contribution >= 0.6 is 0 Å². The van der Waals surface area contributed by atoms with Crippen molar-refractivity contribution in [1.82, 2.24) is 10.6 Å². The van der Waals surface area contributed by atoms with E-state index >= 15 is 0 Å². The number of methoxy groups -OCH3 is 1. The number of para-hydroxylation sites is 2. The van der Waals surface area contributed by atoms with Crippen LogP contribution in [0.1, 0.15) is 31.7 Å². The molecule has 2 amide bonds. The molecule has 140 valence electrons. The van der Waals surface area contributed by atoms with Gasteiger partial charge in [0.25, 0.3) is 0 Å². The summed E-state index contributed by atoms with van der Waals surface area (Å²) < 4.78 is 5.27. The quantitative estimate of drug-likeness (QED) is 0.847. The van der Waals surface area contributed by atoms with Crippen molar-refractivity contribution in [3.05, 3.63) is 54.1 Å². The Kier molecular flexibility index (Phi) is 5.86. The van der Waals surface area contributed by atoms with Crippen LogP contribution in [0.25, 0.3) is 0 Å². The molecule has 2 aromatic carbocycles.